The van der Waals surface area contributed by atoms with Crippen LogP contribution < -0.4 is 0 Å². The van der Waals surface area contributed by atoms with Crippen molar-refractivity contribution in [2.24, 2.45) is 0 Å². The first-order valence-electron chi connectivity index (χ1n) is 7.61. The van der Waals surface area contributed by atoms with Crippen LogP contribution in [-0.2, 0) is 12.1 Å². The Bertz CT molecular complexity index is 586. The van der Waals surface area contributed by atoms with E-state index in [0.29, 0.717) is 28.6 Å². The molecule has 2 rings (SSSR count). The molecule has 0 aliphatic carbocycles. The number of nitrogens with zero attached hydrogens (tertiary/aromatic N) is 2. The van der Waals surface area contributed by atoms with Crippen molar-refractivity contribution in [3.63, 3.8) is 0 Å². The third kappa shape index (κ3) is 4.48. The lowest BCUT2D eigenvalue weighted by Gasteiger charge is -2.31. The van der Waals surface area contributed by atoms with Gasteiger partial charge in [-0.2, -0.15) is 0 Å². The van der Waals surface area contributed by atoms with Crippen LogP contribution in [0.4, 0.5) is 0 Å². The van der Waals surface area contributed by atoms with Crippen molar-refractivity contribution in [2.75, 3.05) is 0 Å². The first-order chi connectivity index (χ1) is 10.5. The molecule has 22 heavy (non-hydrogen) atoms. The third-order valence-electron chi connectivity index (χ3n) is 3.82. The van der Waals surface area contributed by atoms with Gasteiger partial charge in [-0.25, -0.2) is 0 Å². The van der Waals surface area contributed by atoms with Crippen LogP contribution in [-0.4, -0.2) is 14.7 Å². The fourth-order valence-corrected chi connectivity index (χ4v) is 3.23. The average Bonchev–Trinajstić information content (AvgIpc) is 2.96. The van der Waals surface area contributed by atoms with Gasteiger partial charge in [0.1, 0.15) is 5.60 Å². The number of imidazole rings is 1. The maximum Gasteiger partial charge on any atom is 0.107 e. The average molecular weight is 340 g/mol. The maximum atomic E-state index is 11.2. The normalized spacial score (nSPS) is 14.0. The molecule has 0 spiro atoms. The van der Waals surface area contributed by atoms with E-state index in [1.807, 2.05) is 10.6 Å². The minimum absolute atomic E-state index is 0.400. The lowest BCUT2D eigenvalue weighted by molar-refractivity contribution is 0.00717. The SMILES string of the molecule is CCCCCC[C@@](O)(Cn1c[c-]nc1)c1ccc(Cl)cc1Cl. The number of halogens is 2. The number of benzene rings is 1. The second-order valence-electron chi connectivity index (χ2n) is 5.64. The van der Waals surface area contributed by atoms with Crippen molar-refractivity contribution in [3.05, 3.63) is 52.5 Å². The zero-order valence-electron chi connectivity index (χ0n) is 12.7. The van der Waals surface area contributed by atoms with Crippen LogP contribution in [0.3, 0.4) is 0 Å². The van der Waals surface area contributed by atoms with Crippen molar-refractivity contribution < 1.29 is 5.11 Å². The van der Waals surface area contributed by atoms with Gasteiger partial charge in [-0.05, 0) is 18.6 Å². The summed E-state index contributed by atoms with van der Waals surface area (Å²) in [7, 11) is 0. The summed E-state index contributed by atoms with van der Waals surface area (Å²) >= 11 is 12.3. The molecule has 3 nitrogen and oxygen atoms in total. The zero-order valence-corrected chi connectivity index (χ0v) is 14.2. The van der Waals surface area contributed by atoms with Gasteiger partial charge < -0.3 is 14.7 Å². The molecule has 0 saturated heterocycles. The monoisotopic (exact) mass is 339 g/mol. The molecule has 1 heterocycles. The molecule has 2 aromatic rings. The summed E-state index contributed by atoms with van der Waals surface area (Å²) in [4.78, 5) is 3.92. The molecule has 0 amide bonds. The maximum absolute atomic E-state index is 11.2. The van der Waals surface area contributed by atoms with Gasteiger partial charge >= 0.3 is 0 Å². The molecule has 0 aliphatic heterocycles. The van der Waals surface area contributed by atoms with E-state index >= 15 is 0 Å². The Morgan fingerprint density at radius 2 is 2.09 bits per heavy atom. The molecule has 5 heteroatoms. The molecule has 0 fully saturated rings. The highest BCUT2D eigenvalue weighted by Crippen LogP contribution is 2.35. The van der Waals surface area contributed by atoms with Crippen molar-refractivity contribution in [2.45, 2.75) is 51.2 Å². The Balaban J connectivity index is 2.23. The quantitative estimate of drug-likeness (QED) is 0.551. The Morgan fingerprint density at radius 1 is 1.27 bits per heavy atom. The van der Waals surface area contributed by atoms with Gasteiger partial charge in [0.15, 0.2) is 0 Å². The summed E-state index contributed by atoms with van der Waals surface area (Å²) in [6, 6.07) is 5.25. The number of hydrogen-bond donors (Lipinski definition) is 1. The zero-order chi connectivity index (χ0) is 16.0. The fourth-order valence-electron chi connectivity index (χ4n) is 2.65. The number of hydrogen-bond acceptors (Lipinski definition) is 2. The highest BCUT2D eigenvalue weighted by atomic mass is 35.5. The fraction of sp³-hybridized carbons (Fsp3) is 0.471. The predicted molar refractivity (Wildman–Crippen MR) is 90.2 cm³/mol. The van der Waals surface area contributed by atoms with Gasteiger partial charge in [0.05, 0.1) is 0 Å². The van der Waals surface area contributed by atoms with Gasteiger partial charge in [0.2, 0.25) is 0 Å². The second kappa shape index (κ2) is 8.00. The molecule has 0 saturated carbocycles. The standard InChI is InChI=1S/C17H21Cl2N2O/c1-2-3-4-5-8-17(22,12-21-10-9-20-13-21)15-7-6-14(18)11-16(15)19/h6-7,10-11,13,22H,2-5,8,12H2,1H3/q-1/t17-/m1/s1. The van der Waals surface area contributed by atoms with Crippen LogP contribution in [0.5, 0.6) is 0 Å². The Labute approximate surface area is 141 Å². The van der Waals surface area contributed by atoms with Gasteiger partial charge in [0, 0.05) is 22.2 Å². The summed E-state index contributed by atoms with van der Waals surface area (Å²) in [5.41, 5.74) is -0.326. The van der Waals surface area contributed by atoms with E-state index in [-0.39, 0.29) is 0 Å². The van der Waals surface area contributed by atoms with E-state index in [2.05, 4.69) is 18.1 Å². The molecule has 1 aromatic carbocycles. The Morgan fingerprint density at radius 3 is 2.73 bits per heavy atom. The molecular weight excluding hydrogens is 319 g/mol. The van der Waals surface area contributed by atoms with E-state index in [4.69, 9.17) is 23.2 Å². The lowest BCUT2D eigenvalue weighted by Crippen LogP contribution is -2.31. The number of aromatic nitrogens is 2. The molecule has 0 bridgehead atoms. The highest BCUT2D eigenvalue weighted by molar-refractivity contribution is 6.35. The predicted octanol–water partition coefficient (Wildman–Crippen LogP) is 4.85. The minimum Gasteiger partial charge on any atom is -0.442 e. The highest BCUT2D eigenvalue weighted by Gasteiger charge is 2.30. The topological polar surface area (TPSA) is 38.0 Å². The van der Waals surface area contributed by atoms with Crippen LogP contribution >= 0.6 is 23.2 Å². The third-order valence-corrected chi connectivity index (χ3v) is 4.37. The molecule has 0 aliphatic rings. The van der Waals surface area contributed by atoms with Gasteiger partial charge in [-0.15, -0.1) is 6.20 Å². The summed E-state index contributed by atoms with van der Waals surface area (Å²) in [5.74, 6) is 0. The molecule has 120 valence electrons. The number of unbranched alkanes of at least 4 members (excludes halogenated alkanes) is 3. The van der Waals surface area contributed by atoms with Crippen LogP contribution in [0.25, 0.3) is 0 Å². The van der Waals surface area contributed by atoms with Crippen molar-refractivity contribution in [1.29, 1.82) is 0 Å². The van der Waals surface area contributed by atoms with Crippen LogP contribution in [0.15, 0.2) is 30.7 Å². The van der Waals surface area contributed by atoms with E-state index in [1.165, 1.54) is 6.42 Å². The molecule has 1 N–H and O–H groups in total. The van der Waals surface area contributed by atoms with Crippen LogP contribution in [0, 0.1) is 6.20 Å². The lowest BCUT2D eigenvalue weighted by atomic mass is 9.87. The van der Waals surface area contributed by atoms with Crippen molar-refractivity contribution in [1.82, 2.24) is 9.55 Å². The minimum atomic E-state index is -1.04. The Kier molecular flexibility index (Phi) is 6.30. The van der Waals surface area contributed by atoms with E-state index in [0.717, 1.165) is 19.3 Å². The molecular formula is C17H21Cl2N2O-. The molecule has 1 atom stereocenters. The molecule has 0 radical (unpaired) electrons. The number of aliphatic hydroxyl groups is 1. The summed E-state index contributed by atoms with van der Waals surface area (Å²) in [6.45, 7) is 2.57. The first kappa shape index (κ1) is 17.3. The summed E-state index contributed by atoms with van der Waals surface area (Å²) < 4.78 is 1.82. The van der Waals surface area contributed by atoms with Gasteiger partial charge in [-0.1, -0.05) is 74.4 Å². The summed E-state index contributed by atoms with van der Waals surface area (Å²) in [5, 5.41) is 12.3. The van der Waals surface area contributed by atoms with E-state index < -0.39 is 5.60 Å². The number of rotatable bonds is 8. The van der Waals surface area contributed by atoms with Gasteiger partial charge in [-0.3, -0.25) is 0 Å². The summed E-state index contributed by atoms with van der Waals surface area (Å²) in [6.07, 6.45) is 11.2. The van der Waals surface area contributed by atoms with E-state index in [9.17, 15) is 5.11 Å². The smallest absolute Gasteiger partial charge is 0.107 e. The second-order valence-corrected chi connectivity index (χ2v) is 6.49. The van der Waals surface area contributed by atoms with E-state index in [1.54, 1.807) is 24.7 Å². The molecule has 0 unspecified atom stereocenters. The van der Waals surface area contributed by atoms with Crippen molar-refractivity contribution >= 4 is 23.2 Å². The van der Waals surface area contributed by atoms with Crippen molar-refractivity contribution in [3.8, 4) is 0 Å². The first-order valence-corrected chi connectivity index (χ1v) is 8.36. The largest absolute Gasteiger partial charge is 0.442 e. The van der Waals surface area contributed by atoms with Crippen LogP contribution in [0.1, 0.15) is 44.6 Å². The Hall–Kier alpha value is -1.03. The van der Waals surface area contributed by atoms with Gasteiger partial charge in [0.25, 0.3) is 0 Å². The van der Waals surface area contributed by atoms with Crippen LogP contribution in [0.2, 0.25) is 10.0 Å². The molecule has 1 aromatic heterocycles.